The summed E-state index contributed by atoms with van der Waals surface area (Å²) >= 11 is 0. The number of carbonyl (C=O) groups is 1. The fourth-order valence-corrected chi connectivity index (χ4v) is 4.10. The Morgan fingerprint density at radius 2 is 1.93 bits per heavy atom. The number of likely N-dealkylation sites (tertiary alicyclic amines) is 1. The molecule has 2 heterocycles. The van der Waals surface area contributed by atoms with Gasteiger partial charge in [0.2, 0.25) is 0 Å². The largest absolute Gasteiger partial charge is 0.379 e. The zero-order valence-electron chi connectivity index (χ0n) is 15.8. The number of nitro benzene ring substituents is 1. The standard InChI is InChI=1S/C20H25N5O3/c26-20(23-10-3-4-11-23)18-13-15(7-8-19(18)25(27)28)21-14-16-9-12-24(22-16)17-5-1-2-6-17/h7-9,12-13,17,21H,1-6,10-11,14H2. The van der Waals surface area contributed by atoms with E-state index in [1.807, 2.05) is 16.9 Å². The minimum Gasteiger partial charge on any atom is -0.379 e. The second kappa shape index (κ2) is 8.00. The summed E-state index contributed by atoms with van der Waals surface area (Å²) in [6.07, 6.45) is 8.79. The normalized spacial score (nSPS) is 17.2. The number of benzene rings is 1. The summed E-state index contributed by atoms with van der Waals surface area (Å²) in [5.41, 5.74) is 1.60. The Hall–Kier alpha value is -2.90. The first-order valence-corrected chi connectivity index (χ1v) is 9.97. The van der Waals surface area contributed by atoms with Crippen molar-refractivity contribution in [3.8, 4) is 0 Å². The number of carbonyl (C=O) groups excluding carboxylic acids is 1. The van der Waals surface area contributed by atoms with Gasteiger partial charge in [-0.2, -0.15) is 5.10 Å². The summed E-state index contributed by atoms with van der Waals surface area (Å²) < 4.78 is 2.04. The predicted octanol–water partition coefficient (Wildman–Crippen LogP) is 3.75. The number of hydrogen-bond donors (Lipinski definition) is 1. The molecule has 1 saturated carbocycles. The predicted molar refractivity (Wildman–Crippen MR) is 105 cm³/mol. The maximum absolute atomic E-state index is 12.7. The lowest BCUT2D eigenvalue weighted by atomic mass is 10.1. The van der Waals surface area contributed by atoms with Crippen LogP contribution in [0.1, 0.15) is 60.6 Å². The van der Waals surface area contributed by atoms with Crippen LogP contribution in [-0.4, -0.2) is 38.6 Å². The van der Waals surface area contributed by atoms with Gasteiger partial charge in [0.15, 0.2) is 0 Å². The van der Waals surface area contributed by atoms with Crippen molar-refractivity contribution in [3.05, 3.63) is 51.8 Å². The zero-order valence-corrected chi connectivity index (χ0v) is 15.8. The van der Waals surface area contributed by atoms with Crippen molar-refractivity contribution >= 4 is 17.3 Å². The van der Waals surface area contributed by atoms with Gasteiger partial charge in [-0.15, -0.1) is 0 Å². The van der Waals surface area contributed by atoms with E-state index in [4.69, 9.17) is 0 Å². The van der Waals surface area contributed by atoms with Crippen LogP contribution < -0.4 is 5.32 Å². The molecule has 8 nitrogen and oxygen atoms in total. The summed E-state index contributed by atoms with van der Waals surface area (Å²) in [5.74, 6) is -0.265. The van der Waals surface area contributed by atoms with E-state index >= 15 is 0 Å². The summed E-state index contributed by atoms with van der Waals surface area (Å²) in [4.78, 5) is 25.3. The fraction of sp³-hybridized carbons (Fsp3) is 0.500. The van der Waals surface area contributed by atoms with Gasteiger partial charge in [0.25, 0.3) is 11.6 Å². The van der Waals surface area contributed by atoms with Crippen LogP contribution in [0.3, 0.4) is 0 Å². The molecule has 2 fully saturated rings. The molecule has 2 aromatic rings. The molecule has 8 heteroatoms. The van der Waals surface area contributed by atoms with E-state index < -0.39 is 4.92 Å². The quantitative estimate of drug-likeness (QED) is 0.606. The highest BCUT2D eigenvalue weighted by Crippen LogP contribution is 2.29. The molecule has 1 aliphatic heterocycles. The molecule has 0 atom stereocenters. The van der Waals surface area contributed by atoms with Crippen molar-refractivity contribution < 1.29 is 9.72 Å². The number of amides is 1. The van der Waals surface area contributed by atoms with Crippen molar-refractivity contribution in [1.29, 1.82) is 0 Å². The highest BCUT2D eigenvalue weighted by molar-refractivity contribution is 5.99. The van der Waals surface area contributed by atoms with Gasteiger partial charge in [-0.3, -0.25) is 19.6 Å². The second-order valence-electron chi connectivity index (χ2n) is 7.57. The Labute approximate surface area is 163 Å². The minimum atomic E-state index is -0.490. The van der Waals surface area contributed by atoms with E-state index in [1.54, 1.807) is 17.0 Å². The lowest BCUT2D eigenvalue weighted by molar-refractivity contribution is -0.385. The number of hydrogen-bond acceptors (Lipinski definition) is 5. The van der Waals surface area contributed by atoms with Crippen molar-refractivity contribution in [2.75, 3.05) is 18.4 Å². The molecule has 0 spiro atoms. The first-order chi connectivity index (χ1) is 13.6. The summed E-state index contributed by atoms with van der Waals surface area (Å²) in [5, 5.41) is 19.3. The van der Waals surface area contributed by atoms with Crippen molar-refractivity contribution in [1.82, 2.24) is 14.7 Å². The lowest BCUT2D eigenvalue weighted by Gasteiger charge is -2.16. The number of nitro groups is 1. The minimum absolute atomic E-state index is 0.145. The molecular formula is C20H25N5O3. The molecule has 1 aromatic carbocycles. The van der Waals surface area contributed by atoms with Crippen LogP contribution in [0.25, 0.3) is 0 Å². The monoisotopic (exact) mass is 383 g/mol. The Balaban J connectivity index is 1.47. The Kier molecular flexibility index (Phi) is 5.27. The molecule has 0 bridgehead atoms. The first kappa shape index (κ1) is 18.5. The molecule has 2 aliphatic rings. The van der Waals surface area contributed by atoms with Crippen LogP contribution >= 0.6 is 0 Å². The topological polar surface area (TPSA) is 93.3 Å². The van der Waals surface area contributed by atoms with E-state index in [0.29, 0.717) is 31.4 Å². The molecule has 1 saturated heterocycles. The molecule has 1 amide bonds. The van der Waals surface area contributed by atoms with E-state index in [-0.39, 0.29) is 17.2 Å². The summed E-state index contributed by atoms with van der Waals surface area (Å²) in [6.45, 7) is 1.83. The molecule has 1 N–H and O–H groups in total. The molecule has 0 radical (unpaired) electrons. The second-order valence-corrected chi connectivity index (χ2v) is 7.57. The number of aromatic nitrogens is 2. The number of anilines is 1. The maximum Gasteiger partial charge on any atom is 0.282 e. The highest BCUT2D eigenvalue weighted by atomic mass is 16.6. The third-order valence-electron chi connectivity index (χ3n) is 5.65. The zero-order chi connectivity index (χ0) is 19.5. The molecule has 1 aliphatic carbocycles. The van der Waals surface area contributed by atoms with Crippen LogP contribution in [0.2, 0.25) is 0 Å². The van der Waals surface area contributed by atoms with Gasteiger partial charge in [0, 0.05) is 31.0 Å². The first-order valence-electron chi connectivity index (χ1n) is 9.97. The van der Waals surface area contributed by atoms with Crippen LogP contribution in [0.4, 0.5) is 11.4 Å². The Morgan fingerprint density at radius 3 is 2.64 bits per heavy atom. The summed E-state index contributed by atoms with van der Waals surface area (Å²) in [7, 11) is 0. The Bertz CT molecular complexity index is 866. The SMILES string of the molecule is O=C(c1cc(NCc2ccn(C3CCCC3)n2)ccc1[N+](=O)[O-])N1CCCC1. The molecule has 0 unspecified atom stereocenters. The third-order valence-corrected chi connectivity index (χ3v) is 5.65. The van der Waals surface area contributed by atoms with Crippen LogP contribution in [0, 0.1) is 10.1 Å². The van der Waals surface area contributed by atoms with Gasteiger partial charge in [-0.05, 0) is 43.9 Å². The molecule has 1 aromatic heterocycles. The molecule has 4 rings (SSSR count). The smallest absolute Gasteiger partial charge is 0.282 e. The third kappa shape index (κ3) is 3.85. The van der Waals surface area contributed by atoms with E-state index in [9.17, 15) is 14.9 Å². The number of rotatable bonds is 6. The molecule has 28 heavy (non-hydrogen) atoms. The van der Waals surface area contributed by atoms with Crippen LogP contribution in [-0.2, 0) is 6.54 Å². The maximum atomic E-state index is 12.7. The molecule has 148 valence electrons. The van der Waals surface area contributed by atoms with E-state index in [1.165, 1.54) is 31.7 Å². The van der Waals surface area contributed by atoms with Crippen LogP contribution in [0.5, 0.6) is 0 Å². The van der Waals surface area contributed by atoms with Crippen molar-refractivity contribution in [3.63, 3.8) is 0 Å². The van der Waals surface area contributed by atoms with E-state index in [0.717, 1.165) is 18.5 Å². The number of nitrogens with one attached hydrogen (secondary N) is 1. The van der Waals surface area contributed by atoms with Gasteiger partial charge < -0.3 is 10.2 Å². The highest BCUT2D eigenvalue weighted by Gasteiger charge is 2.27. The average molecular weight is 383 g/mol. The number of nitrogens with zero attached hydrogens (tertiary/aromatic N) is 4. The van der Waals surface area contributed by atoms with E-state index in [2.05, 4.69) is 10.4 Å². The molecular weight excluding hydrogens is 358 g/mol. The van der Waals surface area contributed by atoms with Crippen molar-refractivity contribution in [2.24, 2.45) is 0 Å². The van der Waals surface area contributed by atoms with Gasteiger partial charge in [-0.1, -0.05) is 12.8 Å². The Morgan fingerprint density at radius 1 is 1.18 bits per heavy atom. The summed E-state index contributed by atoms with van der Waals surface area (Å²) in [6, 6.07) is 7.13. The van der Waals surface area contributed by atoms with Crippen molar-refractivity contribution in [2.45, 2.75) is 51.1 Å². The average Bonchev–Trinajstić information content (AvgIpc) is 3.47. The van der Waals surface area contributed by atoms with Gasteiger partial charge >= 0.3 is 0 Å². The van der Waals surface area contributed by atoms with Gasteiger partial charge in [-0.25, -0.2) is 0 Å². The van der Waals surface area contributed by atoms with Gasteiger partial charge in [0.05, 0.1) is 23.2 Å². The van der Waals surface area contributed by atoms with Gasteiger partial charge in [0.1, 0.15) is 5.56 Å². The lowest BCUT2D eigenvalue weighted by Crippen LogP contribution is -2.28. The van der Waals surface area contributed by atoms with Crippen LogP contribution in [0.15, 0.2) is 30.5 Å². The fourth-order valence-electron chi connectivity index (χ4n) is 4.10.